The van der Waals surface area contributed by atoms with Crippen LogP contribution in [0.1, 0.15) is 36.1 Å². The van der Waals surface area contributed by atoms with Gasteiger partial charge in [-0.2, -0.15) is 0 Å². The van der Waals surface area contributed by atoms with Crippen molar-refractivity contribution < 1.29 is 9.84 Å². The number of hydrogen-bond acceptors (Lipinski definition) is 4. The summed E-state index contributed by atoms with van der Waals surface area (Å²) in [5.74, 6) is 1.44. The summed E-state index contributed by atoms with van der Waals surface area (Å²) in [5.41, 5.74) is 2.42. The maximum atomic E-state index is 10.6. The van der Waals surface area contributed by atoms with Crippen molar-refractivity contribution in [3.63, 3.8) is 0 Å². The molecule has 4 aromatic rings. The number of β-amino-alcohol motifs (C(OH)–C–C–N with tert-alkyl or cyclic N) is 1. The first kappa shape index (κ1) is 20.6. The summed E-state index contributed by atoms with van der Waals surface area (Å²) in [6, 6.07) is 17.4. The summed E-state index contributed by atoms with van der Waals surface area (Å²) in [5, 5.41) is 13.1. The minimum absolute atomic E-state index is 0.312. The van der Waals surface area contributed by atoms with Crippen LogP contribution in [0.4, 0.5) is 0 Å². The lowest BCUT2D eigenvalue weighted by atomic mass is 9.90. The zero-order chi connectivity index (χ0) is 21.4. The second-order valence-corrected chi connectivity index (χ2v) is 9.98. The largest absolute Gasteiger partial charge is 0.490 e. The Labute approximate surface area is 187 Å². The monoisotopic (exact) mass is 434 g/mol. The Hall–Kier alpha value is -2.34. The predicted octanol–water partition coefficient (Wildman–Crippen LogP) is 5.70. The van der Waals surface area contributed by atoms with Crippen molar-refractivity contribution in [3.8, 4) is 5.75 Å². The molecule has 2 aromatic carbocycles. The first-order valence-corrected chi connectivity index (χ1v) is 12.0. The number of aliphatic hydroxyl groups excluding tert-OH is 1. The van der Waals surface area contributed by atoms with E-state index >= 15 is 0 Å². The molecule has 0 unspecified atom stereocenters. The fourth-order valence-corrected chi connectivity index (χ4v) is 6.16. The van der Waals surface area contributed by atoms with Crippen molar-refractivity contribution in [2.75, 3.05) is 19.7 Å². The van der Waals surface area contributed by atoms with Crippen LogP contribution in [0.5, 0.6) is 5.75 Å². The third-order valence-corrected chi connectivity index (χ3v) is 7.91. The SMILES string of the molecule is Cc1cccc2sc([C@@H]3CCN(C[C@H](O)COc4cccc5[nH]ccc45)[C@H](C)C3)cc12. The van der Waals surface area contributed by atoms with Crippen LogP contribution in [-0.2, 0) is 0 Å². The van der Waals surface area contributed by atoms with Gasteiger partial charge >= 0.3 is 0 Å². The lowest BCUT2D eigenvalue weighted by Crippen LogP contribution is -2.45. The number of nitrogens with one attached hydrogen (secondary N) is 1. The Bertz CT molecular complexity index is 1180. The highest BCUT2D eigenvalue weighted by Gasteiger charge is 2.29. The van der Waals surface area contributed by atoms with Gasteiger partial charge in [-0.1, -0.05) is 18.2 Å². The number of aryl methyl sites for hydroxylation is 1. The number of fused-ring (bicyclic) bond motifs is 2. The van der Waals surface area contributed by atoms with Gasteiger partial charge in [0.25, 0.3) is 0 Å². The molecule has 3 heterocycles. The Morgan fingerprint density at radius 1 is 1.19 bits per heavy atom. The molecule has 3 atom stereocenters. The number of likely N-dealkylation sites (tertiary alicyclic amines) is 1. The highest BCUT2D eigenvalue weighted by atomic mass is 32.1. The molecule has 0 saturated carbocycles. The third kappa shape index (κ3) is 4.22. The molecule has 5 heteroatoms. The van der Waals surface area contributed by atoms with Crippen LogP contribution in [0.25, 0.3) is 21.0 Å². The summed E-state index contributed by atoms with van der Waals surface area (Å²) in [7, 11) is 0. The van der Waals surface area contributed by atoms with Crippen LogP contribution >= 0.6 is 11.3 Å². The molecule has 0 bridgehead atoms. The van der Waals surface area contributed by atoms with Gasteiger partial charge in [0.15, 0.2) is 0 Å². The molecular formula is C26H30N2O2S. The van der Waals surface area contributed by atoms with Gasteiger partial charge in [-0.3, -0.25) is 4.90 Å². The summed E-state index contributed by atoms with van der Waals surface area (Å²) in [4.78, 5) is 7.13. The smallest absolute Gasteiger partial charge is 0.128 e. The van der Waals surface area contributed by atoms with Crippen LogP contribution < -0.4 is 4.74 Å². The molecule has 0 amide bonds. The zero-order valence-electron chi connectivity index (χ0n) is 18.2. The fraction of sp³-hybridized carbons (Fsp3) is 0.385. The molecule has 1 fully saturated rings. The Morgan fingerprint density at radius 2 is 2.06 bits per heavy atom. The number of nitrogens with zero attached hydrogens (tertiary/aromatic N) is 1. The first-order valence-electron chi connectivity index (χ1n) is 11.2. The number of aromatic amines is 1. The van der Waals surface area contributed by atoms with E-state index in [0.717, 1.165) is 36.0 Å². The second-order valence-electron chi connectivity index (χ2n) is 8.86. The number of rotatable bonds is 6. The molecule has 0 radical (unpaired) electrons. The van der Waals surface area contributed by atoms with E-state index in [1.807, 2.05) is 41.8 Å². The number of aliphatic hydroxyl groups is 1. The van der Waals surface area contributed by atoms with E-state index in [9.17, 15) is 5.11 Å². The van der Waals surface area contributed by atoms with Gasteiger partial charge < -0.3 is 14.8 Å². The molecule has 2 N–H and O–H groups in total. The van der Waals surface area contributed by atoms with Crippen molar-refractivity contribution in [1.29, 1.82) is 0 Å². The fourth-order valence-electron chi connectivity index (χ4n) is 4.87. The van der Waals surface area contributed by atoms with E-state index in [0.29, 0.717) is 25.1 Å². The number of piperidine rings is 1. The van der Waals surface area contributed by atoms with Crippen molar-refractivity contribution in [2.45, 2.75) is 44.8 Å². The third-order valence-electron chi connectivity index (χ3n) is 6.65. The average molecular weight is 435 g/mol. The summed E-state index contributed by atoms with van der Waals surface area (Å²) >= 11 is 1.95. The lowest BCUT2D eigenvalue weighted by Gasteiger charge is -2.38. The number of H-pyrrole nitrogens is 1. The number of benzene rings is 2. The Balaban J connectivity index is 1.18. The molecule has 31 heavy (non-hydrogen) atoms. The molecule has 1 aliphatic heterocycles. The topological polar surface area (TPSA) is 48.5 Å². The van der Waals surface area contributed by atoms with Crippen molar-refractivity contribution in [1.82, 2.24) is 9.88 Å². The highest BCUT2D eigenvalue weighted by Crippen LogP contribution is 2.39. The van der Waals surface area contributed by atoms with E-state index in [1.54, 1.807) is 0 Å². The predicted molar refractivity (Wildman–Crippen MR) is 129 cm³/mol. The Morgan fingerprint density at radius 3 is 2.90 bits per heavy atom. The van der Waals surface area contributed by atoms with Crippen LogP contribution in [0.2, 0.25) is 0 Å². The van der Waals surface area contributed by atoms with E-state index in [1.165, 1.54) is 20.5 Å². The van der Waals surface area contributed by atoms with Gasteiger partial charge in [-0.25, -0.2) is 0 Å². The van der Waals surface area contributed by atoms with Crippen LogP contribution in [0.3, 0.4) is 0 Å². The van der Waals surface area contributed by atoms with E-state index < -0.39 is 6.10 Å². The van der Waals surface area contributed by atoms with Crippen molar-refractivity contribution in [3.05, 3.63) is 65.2 Å². The molecule has 5 rings (SSSR count). The van der Waals surface area contributed by atoms with Crippen LogP contribution in [-0.4, -0.2) is 46.8 Å². The number of hydrogen-bond donors (Lipinski definition) is 2. The number of aromatic nitrogens is 1. The molecule has 0 spiro atoms. The zero-order valence-corrected chi connectivity index (χ0v) is 19.0. The van der Waals surface area contributed by atoms with E-state index in [2.05, 4.69) is 48.0 Å². The van der Waals surface area contributed by atoms with Gasteiger partial charge in [-0.15, -0.1) is 11.3 Å². The molecule has 1 saturated heterocycles. The second kappa shape index (κ2) is 8.65. The standard InChI is InChI=1S/C26H30N2O2S/c1-17-5-3-8-25-22(17)14-26(31-25)19-10-12-28(18(2)13-19)15-20(29)16-30-24-7-4-6-23-21(24)9-11-27-23/h3-9,11,14,18-20,27,29H,10,12-13,15-16H2,1-2H3/t18-,19-,20+/m1/s1. The number of ether oxygens (including phenoxy) is 1. The molecule has 1 aliphatic rings. The molecule has 162 valence electrons. The molecule has 0 aliphatic carbocycles. The van der Waals surface area contributed by atoms with Crippen LogP contribution in [0, 0.1) is 6.92 Å². The molecule has 4 nitrogen and oxygen atoms in total. The summed E-state index contributed by atoms with van der Waals surface area (Å²) in [6.45, 7) is 6.47. The Kier molecular flexibility index (Phi) is 5.74. The maximum Gasteiger partial charge on any atom is 0.128 e. The van der Waals surface area contributed by atoms with E-state index in [4.69, 9.17) is 4.74 Å². The van der Waals surface area contributed by atoms with Crippen molar-refractivity contribution >= 4 is 32.3 Å². The highest BCUT2D eigenvalue weighted by molar-refractivity contribution is 7.19. The van der Waals surface area contributed by atoms with Gasteiger partial charge in [0, 0.05) is 39.3 Å². The molecule has 2 aromatic heterocycles. The quantitative estimate of drug-likeness (QED) is 0.409. The maximum absolute atomic E-state index is 10.6. The van der Waals surface area contributed by atoms with Crippen LogP contribution in [0.15, 0.2) is 54.7 Å². The van der Waals surface area contributed by atoms with E-state index in [-0.39, 0.29) is 0 Å². The number of thiophene rings is 1. The van der Waals surface area contributed by atoms with Gasteiger partial charge in [-0.05, 0) is 80.4 Å². The first-order chi connectivity index (χ1) is 15.1. The van der Waals surface area contributed by atoms with Gasteiger partial charge in [0.1, 0.15) is 18.5 Å². The minimum Gasteiger partial charge on any atom is -0.490 e. The summed E-state index contributed by atoms with van der Waals surface area (Å²) < 4.78 is 7.35. The minimum atomic E-state index is -0.500. The molecular weight excluding hydrogens is 404 g/mol. The average Bonchev–Trinajstić information content (AvgIpc) is 3.41. The van der Waals surface area contributed by atoms with Gasteiger partial charge in [0.2, 0.25) is 0 Å². The summed E-state index contributed by atoms with van der Waals surface area (Å²) in [6.07, 6.45) is 3.70. The lowest BCUT2D eigenvalue weighted by molar-refractivity contribution is 0.0408. The normalized spacial score (nSPS) is 21.0. The van der Waals surface area contributed by atoms with Crippen molar-refractivity contribution in [2.24, 2.45) is 0 Å². The van der Waals surface area contributed by atoms with Gasteiger partial charge in [0.05, 0.1) is 0 Å².